The highest BCUT2D eigenvalue weighted by Gasteiger charge is 2.40. The number of aromatic amines is 1. The maximum absolute atomic E-state index is 12.3. The molecule has 1 unspecified atom stereocenters. The van der Waals surface area contributed by atoms with Gasteiger partial charge in [0.05, 0.1) is 18.8 Å². The third-order valence-corrected chi connectivity index (χ3v) is 4.34. The van der Waals surface area contributed by atoms with Crippen molar-refractivity contribution in [3.05, 3.63) is 32.6 Å². The second-order valence-electron chi connectivity index (χ2n) is 6.49. The highest BCUT2D eigenvalue weighted by molar-refractivity contribution is 5.66. The molecular formula is C17H22N2O9. The predicted molar refractivity (Wildman–Crippen MR) is 91.3 cm³/mol. The van der Waals surface area contributed by atoms with E-state index < -0.39 is 47.9 Å². The van der Waals surface area contributed by atoms with Gasteiger partial charge in [0.15, 0.2) is 6.29 Å². The number of ether oxygens (including phenoxy) is 5. The van der Waals surface area contributed by atoms with Crippen molar-refractivity contribution in [1.29, 1.82) is 0 Å². The fourth-order valence-corrected chi connectivity index (χ4v) is 3.11. The number of carbonyl (C=O) groups is 2. The molecule has 2 saturated heterocycles. The van der Waals surface area contributed by atoms with Crippen LogP contribution in [-0.2, 0) is 33.3 Å². The molecule has 11 heteroatoms. The number of rotatable bonds is 5. The SMILES string of the molecule is CC(=O)OC[C@H]1OC(n2cc(C3OCCCO3)c(=O)[nH]c2=O)C[C@@H]1OC(C)=O. The number of H-pyrrole nitrogens is 1. The summed E-state index contributed by atoms with van der Waals surface area (Å²) in [6, 6.07) is 0. The third kappa shape index (κ3) is 4.66. The third-order valence-electron chi connectivity index (χ3n) is 4.34. The molecule has 3 atom stereocenters. The molecule has 3 heterocycles. The molecule has 3 rings (SSSR count). The molecule has 0 radical (unpaired) electrons. The lowest BCUT2D eigenvalue weighted by Gasteiger charge is -2.23. The van der Waals surface area contributed by atoms with E-state index >= 15 is 0 Å². The summed E-state index contributed by atoms with van der Waals surface area (Å²) < 4.78 is 28.0. The van der Waals surface area contributed by atoms with E-state index in [4.69, 9.17) is 23.7 Å². The van der Waals surface area contributed by atoms with E-state index in [9.17, 15) is 19.2 Å². The predicted octanol–water partition coefficient (Wildman–Crippen LogP) is -0.246. The molecule has 2 fully saturated rings. The molecule has 2 aliphatic heterocycles. The average Bonchev–Trinajstić information content (AvgIpc) is 3.02. The van der Waals surface area contributed by atoms with Crippen LogP contribution in [-0.4, -0.2) is 53.5 Å². The van der Waals surface area contributed by atoms with Crippen molar-refractivity contribution in [2.24, 2.45) is 0 Å². The van der Waals surface area contributed by atoms with Gasteiger partial charge in [0.1, 0.15) is 25.0 Å². The summed E-state index contributed by atoms with van der Waals surface area (Å²) in [5.41, 5.74) is -1.17. The van der Waals surface area contributed by atoms with Crippen LogP contribution in [0.4, 0.5) is 0 Å². The molecule has 1 N–H and O–H groups in total. The largest absolute Gasteiger partial charge is 0.463 e. The van der Waals surface area contributed by atoms with E-state index in [1.807, 2.05) is 0 Å². The maximum atomic E-state index is 12.3. The topological polar surface area (TPSA) is 135 Å². The second kappa shape index (κ2) is 8.67. The van der Waals surface area contributed by atoms with Gasteiger partial charge in [-0.3, -0.25) is 23.9 Å². The van der Waals surface area contributed by atoms with Crippen molar-refractivity contribution in [3.8, 4) is 0 Å². The van der Waals surface area contributed by atoms with Gasteiger partial charge in [0.2, 0.25) is 0 Å². The summed E-state index contributed by atoms with van der Waals surface area (Å²) in [6.07, 6.45) is -1.01. The van der Waals surface area contributed by atoms with Gasteiger partial charge in [-0.1, -0.05) is 0 Å². The average molecular weight is 398 g/mol. The highest BCUT2D eigenvalue weighted by atomic mass is 16.7. The van der Waals surface area contributed by atoms with Gasteiger partial charge in [0, 0.05) is 26.5 Å². The van der Waals surface area contributed by atoms with Crippen molar-refractivity contribution in [3.63, 3.8) is 0 Å². The molecule has 0 bridgehead atoms. The number of aromatic nitrogens is 2. The first-order valence-corrected chi connectivity index (χ1v) is 8.89. The van der Waals surface area contributed by atoms with Crippen LogP contribution in [0.5, 0.6) is 0 Å². The van der Waals surface area contributed by atoms with E-state index in [-0.39, 0.29) is 18.6 Å². The zero-order chi connectivity index (χ0) is 20.3. The van der Waals surface area contributed by atoms with Crippen molar-refractivity contribution in [2.45, 2.75) is 51.4 Å². The standard InChI is InChI=1S/C17H22N2O9/c1-9(20)26-8-13-12(27-10(2)21)6-14(28-13)19-7-11(15(22)18-17(19)23)16-24-4-3-5-25-16/h7,12-14,16H,3-6,8H2,1-2H3,(H,18,22,23)/t12-,13+,14?/m0/s1. The fourth-order valence-electron chi connectivity index (χ4n) is 3.11. The minimum atomic E-state index is -0.883. The van der Waals surface area contributed by atoms with Gasteiger partial charge in [0.25, 0.3) is 5.56 Å². The van der Waals surface area contributed by atoms with Gasteiger partial charge in [-0.05, 0) is 6.42 Å². The Hall–Kier alpha value is -2.50. The van der Waals surface area contributed by atoms with Crippen molar-refractivity contribution < 1.29 is 33.3 Å². The lowest BCUT2D eigenvalue weighted by atomic mass is 10.2. The van der Waals surface area contributed by atoms with E-state index in [1.165, 1.54) is 24.6 Å². The fraction of sp³-hybridized carbons (Fsp3) is 0.647. The van der Waals surface area contributed by atoms with Crippen LogP contribution >= 0.6 is 0 Å². The number of nitrogens with zero attached hydrogens (tertiary/aromatic N) is 1. The molecule has 2 aliphatic rings. The van der Waals surface area contributed by atoms with Crippen LogP contribution in [0.3, 0.4) is 0 Å². The lowest BCUT2D eigenvalue weighted by molar-refractivity contribution is -0.184. The summed E-state index contributed by atoms with van der Waals surface area (Å²) in [5, 5.41) is 0. The van der Waals surface area contributed by atoms with E-state index in [0.717, 1.165) is 0 Å². The number of nitrogens with one attached hydrogen (secondary N) is 1. The molecule has 0 amide bonds. The Morgan fingerprint density at radius 2 is 1.93 bits per heavy atom. The Kier molecular flexibility index (Phi) is 6.27. The molecule has 1 aromatic heterocycles. The van der Waals surface area contributed by atoms with Crippen LogP contribution < -0.4 is 11.2 Å². The Morgan fingerprint density at radius 3 is 2.57 bits per heavy atom. The number of hydrogen-bond donors (Lipinski definition) is 1. The molecule has 11 nitrogen and oxygen atoms in total. The van der Waals surface area contributed by atoms with Crippen LogP contribution in [0.1, 0.15) is 44.8 Å². The maximum Gasteiger partial charge on any atom is 0.330 e. The van der Waals surface area contributed by atoms with Crippen molar-refractivity contribution >= 4 is 11.9 Å². The Balaban J connectivity index is 1.85. The molecule has 154 valence electrons. The summed E-state index contributed by atoms with van der Waals surface area (Å²) in [4.78, 5) is 49.1. The molecule has 0 saturated carbocycles. The van der Waals surface area contributed by atoms with Gasteiger partial charge in [-0.15, -0.1) is 0 Å². The minimum Gasteiger partial charge on any atom is -0.463 e. The Bertz CT molecular complexity index is 840. The smallest absolute Gasteiger partial charge is 0.330 e. The molecule has 0 spiro atoms. The first-order chi connectivity index (χ1) is 13.3. The minimum absolute atomic E-state index is 0.135. The zero-order valence-electron chi connectivity index (χ0n) is 15.5. The first kappa shape index (κ1) is 20.2. The lowest BCUT2D eigenvalue weighted by Crippen LogP contribution is -2.36. The molecule has 0 aliphatic carbocycles. The number of hydrogen-bond acceptors (Lipinski definition) is 9. The van der Waals surface area contributed by atoms with Crippen LogP contribution in [0.25, 0.3) is 0 Å². The van der Waals surface area contributed by atoms with Crippen molar-refractivity contribution in [1.82, 2.24) is 9.55 Å². The van der Waals surface area contributed by atoms with E-state index in [0.29, 0.717) is 19.6 Å². The summed E-state index contributed by atoms with van der Waals surface area (Å²) in [5.74, 6) is -1.04. The van der Waals surface area contributed by atoms with E-state index in [2.05, 4.69) is 4.98 Å². The van der Waals surface area contributed by atoms with Crippen LogP contribution in [0.15, 0.2) is 15.8 Å². The Morgan fingerprint density at radius 1 is 1.21 bits per heavy atom. The van der Waals surface area contributed by atoms with Crippen LogP contribution in [0, 0.1) is 0 Å². The van der Waals surface area contributed by atoms with Gasteiger partial charge >= 0.3 is 17.6 Å². The second-order valence-corrected chi connectivity index (χ2v) is 6.49. The Labute approximate surface area is 159 Å². The van der Waals surface area contributed by atoms with Crippen molar-refractivity contribution in [2.75, 3.05) is 19.8 Å². The van der Waals surface area contributed by atoms with Crippen LogP contribution in [0.2, 0.25) is 0 Å². The summed E-state index contributed by atoms with van der Waals surface area (Å²) in [6.45, 7) is 3.22. The first-order valence-electron chi connectivity index (χ1n) is 8.89. The number of carbonyl (C=O) groups excluding carboxylic acids is 2. The zero-order valence-corrected chi connectivity index (χ0v) is 15.5. The monoisotopic (exact) mass is 398 g/mol. The molecule has 1 aromatic rings. The molecular weight excluding hydrogens is 376 g/mol. The summed E-state index contributed by atoms with van der Waals surface area (Å²) >= 11 is 0. The van der Waals surface area contributed by atoms with Gasteiger partial charge in [-0.25, -0.2) is 4.79 Å². The van der Waals surface area contributed by atoms with Gasteiger partial charge < -0.3 is 23.7 Å². The van der Waals surface area contributed by atoms with Gasteiger partial charge in [-0.2, -0.15) is 0 Å². The van der Waals surface area contributed by atoms with E-state index in [1.54, 1.807) is 0 Å². The highest BCUT2D eigenvalue weighted by Crippen LogP contribution is 2.31. The molecule has 28 heavy (non-hydrogen) atoms. The number of esters is 2. The molecule has 0 aromatic carbocycles. The quantitative estimate of drug-likeness (QED) is 0.666. The normalized spacial score (nSPS) is 25.4. The summed E-state index contributed by atoms with van der Waals surface area (Å²) in [7, 11) is 0.